The van der Waals surface area contributed by atoms with E-state index in [2.05, 4.69) is 6.20 Å². The van der Waals surface area contributed by atoms with E-state index >= 15 is 0 Å². The van der Waals surface area contributed by atoms with Crippen molar-refractivity contribution < 1.29 is 40.3 Å². The Bertz CT molecular complexity index is 1450. The lowest BCUT2D eigenvalue weighted by molar-refractivity contribution is -0.295. The number of halogens is 3. The number of hydrogen-bond donors (Lipinski definition) is 2. The van der Waals surface area contributed by atoms with Gasteiger partial charge in [-0.15, -0.1) is 0 Å². The van der Waals surface area contributed by atoms with E-state index in [0.29, 0.717) is 37.2 Å². The van der Waals surface area contributed by atoms with Gasteiger partial charge in [-0.1, -0.05) is 47.1 Å². The van der Waals surface area contributed by atoms with Crippen molar-refractivity contribution in [3.8, 4) is 17.7 Å². The molecular weight excluding hydrogens is 606 g/mol. The molecule has 2 aromatic carbocycles. The average Bonchev–Trinajstić information content (AvgIpc) is 3.35. The van der Waals surface area contributed by atoms with E-state index in [9.17, 15) is 36.3 Å². The Morgan fingerprint density at radius 3 is 2.49 bits per heavy atom. The average molecular weight is 631 g/mol. The minimum absolute atomic E-state index is 0.0355. The Balaban J connectivity index is 1.46. The predicted molar refractivity (Wildman–Crippen MR) is 144 cm³/mol. The number of nitriles is 1. The summed E-state index contributed by atoms with van der Waals surface area (Å²) in [5.74, 6) is 0.388. The van der Waals surface area contributed by atoms with Crippen molar-refractivity contribution in [2.45, 2.75) is 16.4 Å². The van der Waals surface area contributed by atoms with Gasteiger partial charge in [-0.25, -0.2) is 22.9 Å². The molecule has 0 aliphatic carbocycles. The number of hydrazine groups is 1. The summed E-state index contributed by atoms with van der Waals surface area (Å²) < 4.78 is 90.5. The maximum atomic E-state index is 14.0. The van der Waals surface area contributed by atoms with E-state index in [1.54, 1.807) is 16.9 Å². The van der Waals surface area contributed by atoms with Crippen LogP contribution in [0.3, 0.4) is 0 Å². The van der Waals surface area contributed by atoms with E-state index in [-0.39, 0.29) is 16.3 Å². The third-order valence-corrected chi connectivity index (χ3v) is 10.4. The van der Waals surface area contributed by atoms with Crippen molar-refractivity contribution >= 4 is 29.4 Å². The van der Waals surface area contributed by atoms with Crippen molar-refractivity contribution in [1.82, 2.24) is 19.6 Å². The lowest BCUT2D eigenvalue weighted by atomic mass is 10.2. The van der Waals surface area contributed by atoms with Gasteiger partial charge in [0.15, 0.2) is 18.5 Å². The Morgan fingerprint density at radius 2 is 1.88 bits per heavy atom. The highest BCUT2D eigenvalue weighted by atomic mass is 32.3. The Kier molecular flexibility index (Phi) is 9.51. The second-order valence-electron chi connectivity index (χ2n) is 8.53. The Hall–Kier alpha value is -3.28. The molecule has 41 heavy (non-hydrogen) atoms. The number of ether oxygens (including phenoxy) is 1. The molecule has 0 aromatic heterocycles. The number of sulfonamides is 1. The van der Waals surface area contributed by atoms with Crippen molar-refractivity contribution in [3.63, 3.8) is 0 Å². The molecule has 0 amide bonds. The molecule has 0 saturated carbocycles. The number of nitrogens with zero attached hydrogens (tertiary/aromatic N) is 4. The summed E-state index contributed by atoms with van der Waals surface area (Å²) >= 11 is 0.317. The molecule has 0 bridgehead atoms. The smallest absolute Gasteiger partial charge is 0.480 e. The molecular formula is C24H24F3N5O6PS2+. The van der Waals surface area contributed by atoms with Crippen LogP contribution in [0.5, 0.6) is 11.5 Å². The number of alkyl halides is 3. The lowest BCUT2D eigenvalue weighted by Gasteiger charge is -2.30. The first-order valence-electron chi connectivity index (χ1n) is 11.9. The van der Waals surface area contributed by atoms with Crippen LogP contribution in [0, 0.1) is 17.7 Å². The fourth-order valence-corrected chi connectivity index (χ4v) is 8.50. The minimum atomic E-state index is -5.28. The number of rotatable bonds is 11. The minimum Gasteiger partial charge on any atom is -0.492 e. The van der Waals surface area contributed by atoms with Crippen molar-refractivity contribution in [3.05, 3.63) is 84.6 Å². The van der Waals surface area contributed by atoms with Gasteiger partial charge in [0.1, 0.15) is 29.8 Å². The molecule has 3 unspecified atom stereocenters. The molecule has 0 spiro atoms. The number of nitrogens with one attached hydrogen (secondary N) is 1. The number of thioether (sulfide) groups is 1. The molecule has 2 aliphatic heterocycles. The number of hydrogen-bond acceptors (Lipinski definition) is 10. The number of allylic oxidation sites excluding steroid dienone is 2. The molecule has 1 fully saturated rings. The van der Waals surface area contributed by atoms with Gasteiger partial charge < -0.3 is 14.2 Å². The normalized spacial score (nSPS) is 20.8. The van der Waals surface area contributed by atoms with Gasteiger partial charge in [0.25, 0.3) is 0 Å². The van der Waals surface area contributed by atoms with Gasteiger partial charge in [0.2, 0.25) is 14.7 Å². The van der Waals surface area contributed by atoms with Crippen LogP contribution < -0.4 is 14.0 Å². The number of benzene rings is 2. The Labute approximate surface area is 239 Å². The van der Waals surface area contributed by atoms with Gasteiger partial charge in [-0.3, -0.25) is 0 Å². The van der Waals surface area contributed by atoms with Crippen molar-refractivity contribution in [2.75, 3.05) is 26.0 Å². The summed E-state index contributed by atoms with van der Waals surface area (Å²) in [7, 11) is -9.60. The summed E-state index contributed by atoms with van der Waals surface area (Å²) in [4.78, 5) is 12.0. The highest BCUT2D eigenvalue weighted by Crippen LogP contribution is 2.51. The van der Waals surface area contributed by atoms with Gasteiger partial charge in [-0.2, -0.15) is 23.2 Å². The second kappa shape index (κ2) is 12.7. The summed E-state index contributed by atoms with van der Waals surface area (Å²) in [6.45, 7) is 1.55. The maximum absolute atomic E-state index is 14.0. The first kappa shape index (κ1) is 30.7. The largest absolute Gasteiger partial charge is 0.492 e. The van der Waals surface area contributed by atoms with Crippen LogP contribution in [-0.2, 0) is 14.6 Å². The van der Waals surface area contributed by atoms with Crippen LogP contribution >= 0.6 is 19.4 Å². The standard InChI is InChI=1S/C24H23F3N5O6PS2/c25-24(26,27)32-23(41(35,36)29-18-39(33,34)38-21-7-3-1-4-8-21)40-22(31(32)17-28)19-9-11-20(12-10-19)37-16-15-30-13-5-2-6-14-30/h1-12,22-23,29H,13,15-16,18H2/p+1. The van der Waals surface area contributed by atoms with E-state index in [0.717, 1.165) is 0 Å². The van der Waals surface area contributed by atoms with Gasteiger partial charge in [-0.05, 0) is 29.8 Å². The molecule has 1 saturated heterocycles. The first-order chi connectivity index (χ1) is 19.4. The fraction of sp³-hybridized carbons (Fsp3) is 0.292. The van der Waals surface area contributed by atoms with Gasteiger partial charge >= 0.3 is 13.9 Å². The predicted octanol–water partition coefficient (Wildman–Crippen LogP) is 3.94. The zero-order valence-electron chi connectivity index (χ0n) is 21.1. The Morgan fingerprint density at radius 1 is 1.17 bits per heavy atom. The van der Waals surface area contributed by atoms with E-state index in [4.69, 9.17) is 9.26 Å². The molecule has 3 atom stereocenters. The molecule has 2 heterocycles. The van der Waals surface area contributed by atoms with Gasteiger partial charge in [0.05, 0.1) is 19.2 Å². The van der Waals surface area contributed by atoms with E-state index in [1.165, 1.54) is 54.7 Å². The second-order valence-corrected chi connectivity index (χ2v) is 13.6. The monoisotopic (exact) mass is 630 g/mol. The number of para-hydroxylation sites is 1. The summed E-state index contributed by atoms with van der Waals surface area (Å²) in [5, 5.41) is 7.88. The zero-order chi connectivity index (χ0) is 29.7. The molecule has 2 aromatic rings. The summed E-state index contributed by atoms with van der Waals surface area (Å²) in [5.41, 5.74) is 0.202. The van der Waals surface area contributed by atoms with Crippen molar-refractivity contribution in [2.24, 2.45) is 0 Å². The van der Waals surface area contributed by atoms with Crippen LogP contribution in [0.15, 0.2) is 72.8 Å². The van der Waals surface area contributed by atoms with E-state index < -0.39 is 45.3 Å². The van der Waals surface area contributed by atoms with E-state index in [1.807, 2.05) is 17.1 Å². The molecule has 11 nitrogen and oxygen atoms in total. The molecule has 218 valence electrons. The fourth-order valence-electron chi connectivity index (χ4n) is 3.74. The molecule has 17 heteroatoms. The molecule has 0 radical (unpaired) electrons. The van der Waals surface area contributed by atoms with Crippen molar-refractivity contribution in [1.29, 1.82) is 5.26 Å². The zero-order valence-corrected chi connectivity index (χ0v) is 23.6. The van der Waals surface area contributed by atoms with Crippen LogP contribution in [0.25, 0.3) is 0 Å². The topological polar surface area (TPSA) is 135 Å². The van der Waals surface area contributed by atoms with Gasteiger partial charge in [0, 0.05) is 6.08 Å². The summed E-state index contributed by atoms with van der Waals surface area (Å²) in [6, 6.07) is 13.2. The molecule has 2 N–H and O–H groups in total. The van der Waals surface area contributed by atoms with Crippen LogP contribution in [0.4, 0.5) is 13.2 Å². The maximum Gasteiger partial charge on any atom is 0.480 e. The quantitative estimate of drug-likeness (QED) is 0.162. The third kappa shape index (κ3) is 7.93. The highest BCUT2D eigenvalue weighted by molar-refractivity contribution is 8.13. The first-order valence-corrected chi connectivity index (χ1v) is 16.1. The molecule has 4 rings (SSSR count). The highest BCUT2D eigenvalue weighted by Gasteiger charge is 2.59. The lowest BCUT2D eigenvalue weighted by Crippen LogP contribution is -2.53. The molecule has 2 aliphatic rings. The third-order valence-electron chi connectivity index (χ3n) is 5.59. The van der Waals surface area contributed by atoms with Crippen LogP contribution in [0.2, 0.25) is 0 Å². The SMILES string of the molecule is N#CN1C(c2ccc(OCCN3[C+]=CC=CC3)cc2)SC(S(=O)(=O)NCP(=O)(O)Oc2ccccc2)N1C(F)(F)F. The summed E-state index contributed by atoms with van der Waals surface area (Å²) in [6.07, 6.45) is 3.57. The van der Waals surface area contributed by atoms with Crippen LogP contribution in [0.1, 0.15) is 10.9 Å². The van der Waals surface area contributed by atoms with Crippen LogP contribution in [-0.4, -0.2) is 65.2 Å².